The maximum absolute atomic E-state index is 11.3. The molecule has 1 heterocycles. The molecule has 1 N–H and O–H groups in total. The monoisotopic (exact) mass is 183 g/mol. The Morgan fingerprint density at radius 1 is 1.62 bits per heavy atom. The zero-order valence-corrected chi connectivity index (χ0v) is 8.12. The number of rotatable bonds is 3. The lowest BCUT2D eigenvalue weighted by Gasteiger charge is -2.33. The van der Waals surface area contributed by atoms with Crippen LogP contribution in [0, 0.1) is 0 Å². The first-order chi connectivity index (χ1) is 6.20. The Morgan fingerprint density at radius 3 is 2.77 bits per heavy atom. The van der Waals surface area contributed by atoms with Gasteiger partial charge in [0.1, 0.15) is 5.54 Å². The number of aliphatic carboxylic acids is 1. The minimum atomic E-state index is -0.612. The number of carboxylic acids is 1. The number of hydrogen-bond acceptors (Lipinski definition) is 2. The van der Waals surface area contributed by atoms with Gasteiger partial charge in [-0.05, 0) is 38.6 Å². The molecule has 3 heteroatoms. The molecule has 13 heavy (non-hydrogen) atoms. The average molecular weight is 183 g/mol. The van der Waals surface area contributed by atoms with Crippen molar-refractivity contribution in [2.45, 2.75) is 50.6 Å². The van der Waals surface area contributed by atoms with Gasteiger partial charge in [0.2, 0.25) is 0 Å². The minimum Gasteiger partial charge on any atom is -0.480 e. The lowest BCUT2D eigenvalue weighted by atomic mass is 9.93. The summed E-state index contributed by atoms with van der Waals surface area (Å²) in [5, 5.41) is 9.27. The van der Waals surface area contributed by atoms with Crippen LogP contribution in [-0.4, -0.2) is 34.1 Å². The summed E-state index contributed by atoms with van der Waals surface area (Å²) in [7, 11) is 0. The predicted molar refractivity (Wildman–Crippen MR) is 49.6 cm³/mol. The van der Waals surface area contributed by atoms with Gasteiger partial charge in [-0.15, -0.1) is 0 Å². The van der Waals surface area contributed by atoms with E-state index < -0.39 is 11.5 Å². The zero-order valence-electron chi connectivity index (χ0n) is 8.12. The highest BCUT2D eigenvalue weighted by Gasteiger charge is 2.51. The van der Waals surface area contributed by atoms with Crippen molar-refractivity contribution in [2.75, 3.05) is 6.54 Å². The summed E-state index contributed by atoms with van der Waals surface area (Å²) in [6.07, 6.45) is 5.05. The van der Waals surface area contributed by atoms with Gasteiger partial charge in [0, 0.05) is 6.04 Å². The van der Waals surface area contributed by atoms with Gasteiger partial charge in [-0.25, -0.2) is 0 Å². The highest BCUT2D eigenvalue weighted by atomic mass is 16.4. The molecule has 1 atom stereocenters. The molecule has 1 saturated carbocycles. The van der Waals surface area contributed by atoms with Gasteiger partial charge in [0.15, 0.2) is 0 Å². The Bertz CT molecular complexity index is 225. The molecule has 3 nitrogen and oxygen atoms in total. The lowest BCUT2D eigenvalue weighted by Crippen LogP contribution is -2.51. The van der Waals surface area contributed by atoms with E-state index in [2.05, 4.69) is 4.90 Å². The number of carboxylic acid groups (broad SMARTS) is 1. The lowest BCUT2D eigenvalue weighted by molar-refractivity contribution is -0.150. The van der Waals surface area contributed by atoms with E-state index in [4.69, 9.17) is 0 Å². The predicted octanol–water partition coefficient (Wildman–Crippen LogP) is 1.48. The molecule has 1 aliphatic carbocycles. The molecular formula is C10H17NO2. The molecule has 0 amide bonds. The average Bonchev–Trinajstić information content (AvgIpc) is 2.85. The van der Waals surface area contributed by atoms with Gasteiger partial charge in [-0.2, -0.15) is 0 Å². The van der Waals surface area contributed by atoms with Crippen molar-refractivity contribution in [2.24, 2.45) is 0 Å². The smallest absolute Gasteiger partial charge is 0.324 e. The summed E-state index contributed by atoms with van der Waals surface area (Å²) in [6.45, 7) is 2.99. The largest absolute Gasteiger partial charge is 0.480 e. The van der Waals surface area contributed by atoms with Crippen LogP contribution in [0.1, 0.15) is 39.0 Å². The Hall–Kier alpha value is -0.570. The van der Waals surface area contributed by atoms with Gasteiger partial charge in [-0.1, -0.05) is 6.92 Å². The van der Waals surface area contributed by atoms with Gasteiger partial charge in [0.25, 0.3) is 0 Å². The van der Waals surface area contributed by atoms with Crippen LogP contribution in [0.3, 0.4) is 0 Å². The van der Waals surface area contributed by atoms with E-state index in [0.717, 1.165) is 25.8 Å². The third-order valence-electron chi connectivity index (χ3n) is 3.51. The first-order valence-electron chi connectivity index (χ1n) is 5.21. The molecule has 0 aromatic heterocycles. The van der Waals surface area contributed by atoms with Gasteiger partial charge < -0.3 is 5.11 Å². The van der Waals surface area contributed by atoms with Crippen molar-refractivity contribution in [3.8, 4) is 0 Å². The summed E-state index contributed by atoms with van der Waals surface area (Å²) >= 11 is 0. The van der Waals surface area contributed by atoms with Crippen molar-refractivity contribution in [1.82, 2.24) is 4.90 Å². The Morgan fingerprint density at radius 2 is 2.31 bits per heavy atom. The molecule has 0 bridgehead atoms. The van der Waals surface area contributed by atoms with Gasteiger partial charge in [0.05, 0.1) is 0 Å². The molecule has 0 unspecified atom stereocenters. The summed E-state index contributed by atoms with van der Waals surface area (Å²) in [5.41, 5.74) is -0.513. The van der Waals surface area contributed by atoms with Crippen molar-refractivity contribution >= 4 is 5.97 Å². The fourth-order valence-electron chi connectivity index (χ4n) is 2.58. The Balaban J connectivity index is 2.20. The van der Waals surface area contributed by atoms with Crippen LogP contribution in [-0.2, 0) is 4.79 Å². The Labute approximate surface area is 78.7 Å². The molecule has 0 spiro atoms. The molecule has 0 radical (unpaired) electrons. The highest BCUT2D eigenvalue weighted by molar-refractivity contribution is 5.79. The third-order valence-corrected chi connectivity index (χ3v) is 3.51. The van der Waals surface area contributed by atoms with Crippen LogP contribution in [0.25, 0.3) is 0 Å². The molecule has 1 saturated heterocycles. The molecule has 2 rings (SSSR count). The van der Waals surface area contributed by atoms with Gasteiger partial charge >= 0.3 is 5.97 Å². The van der Waals surface area contributed by atoms with Crippen molar-refractivity contribution in [3.05, 3.63) is 0 Å². The first kappa shape index (κ1) is 9.00. The van der Waals surface area contributed by atoms with E-state index in [1.807, 2.05) is 6.92 Å². The van der Waals surface area contributed by atoms with Crippen LogP contribution in [0.4, 0.5) is 0 Å². The molecule has 2 aliphatic rings. The fraction of sp³-hybridized carbons (Fsp3) is 0.900. The molecule has 1 aliphatic heterocycles. The second-order valence-corrected chi connectivity index (χ2v) is 4.22. The van der Waals surface area contributed by atoms with Crippen LogP contribution in [0.2, 0.25) is 0 Å². The van der Waals surface area contributed by atoms with E-state index >= 15 is 0 Å². The van der Waals surface area contributed by atoms with E-state index in [1.54, 1.807) is 0 Å². The zero-order chi connectivity index (χ0) is 9.47. The highest BCUT2D eigenvalue weighted by Crippen LogP contribution is 2.41. The van der Waals surface area contributed by atoms with E-state index in [1.165, 1.54) is 12.8 Å². The van der Waals surface area contributed by atoms with E-state index in [-0.39, 0.29) is 0 Å². The Kier molecular flexibility index (Phi) is 2.06. The van der Waals surface area contributed by atoms with E-state index in [0.29, 0.717) is 6.04 Å². The van der Waals surface area contributed by atoms with Crippen LogP contribution < -0.4 is 0 Å². The first-order valence-corrected chi connectivity index (χ1v) is 5.21. The SMILES string of the molecule is CC[C@@]1(C(=O)O)CCCN1C1CC1. The van der Waals surface area contributed by atoms with Crippen molar-refractivity contribution < 1.29 is 9.90 Å². The summed E-state index contributed by atoms with van der Waals surface area (Å²) in [4.78, 5) is 13.5. The maximum Gasteiger partial charge on any atom is 0.324 e. The number of hydrogen-bond donors (Lipinski definition) is 1. The van der Waals surface area contributed by atoms with E-state index in [9.17, 15) is 9.90 Å². The van der Waals surface area contributed by atoms with Gasteiger partial charge in [-0.3, -0.25) is 9.69 Å². The number of likely N-dealkylation sites (tertiary alicyclic amines) is 1. The minimum absolute atomic E-state index is 0.513. The summed E-state index contributed by atoms with van der Waals surface area (Å²) in [6, 6.07) is 0.582. The number of nitrogens with zero attached hydrogens (tertiary/aromatic N) is 1. The fourth-order valence-corrected chi connectivity index (χ4v) is 2.58. The maximum atomic E-state index is 11.3. The summed E-state index contributed by atoms with van der Waals surface area (Å²) < 4.78 is 0. The summed E-state index contributed by atoms with van der Waals surface area (Å²) in [5.74, 6) is -0.612. The third kappa shape index (κ3) is 1.26. The molecule has 74 valence electrons. The standard InChI is InChI=1S/C10H17NO2/c1-2-10(9(12)13)6-3-7-11(10)8-4-5-8/h8H,2-7H2,1H3,(H,12,13)/t10-/m0/s1. The van der Waals surface area contributed by atoms with Crippen LogP contribution in [0.5, 0.6) is 0 Å². The molecule has 0 aromatic carbocycles. The second kappa shape index (κ2) is 2.98. The second-order valence-electron chi connectivity index (χ2n) is 4.22. The topological polar surface area (TPSA) is 40.5 Å². The van der Waals surface area contributed by atoms with Crippen LogP contribution in [0.15, 0.2) is 0 Å². The normalized spacial score (nSPS) is 35.2. The molecule has 0 aromatic rings. The number of carbonyl (C=O) groups is 1. The van der Waals surface area contributed by atoms with Crippen LogP contribution >= 0.6 is 0 Å². The van der Waals surface area contributed by atoms with Crippen molar-refractivity contribution in [3.63, 3.8) is 0 Å². The van der Waals surface area contributed by atoms with Crippen molar-refractivity contribution in [1.29, 1.82) is 0 Å². The quantitative estimate of drug-likeness (QED) is 0.720. The molecule has 2 fully saturated rings. The molecular weight excluding hydrogens is 166 g/mol.